The zero-order valence-electron chi connectivity index (χ0n) is 7.33. The summed E-state index contributed by atoms with van der Waals surface area (Å²) in [5.74, 6) is -0.0648. The second kappa shape index (κ2) is 5.72. The van der Waals surface area contributed by atoms with Crippen LogP contribution in [0.2, 0.25) is 0 Å². The second-order valence-corrected chi connectivity index (χ2v) is 4.38. The zero-order valence-corrected chi connectivity index (χ0v) is 9.12. The van der Waals surface area contributed by atoms with E-state index in [9.17, 15) is 4.79 Å². The summed E-state index contributed by atoms with van der Waals surface area (Å²) >= 11 is 7.69. The van der Waals surface area contributed by atoms with Gasteiger partial charge in [0.05, 0.1) is 11.4 Å². The van der Waals surface area contributed by atoms with Gasteiger partial charge in [-0.3, -0.25) is 4.79 Å². The van der Waals surface area contributed by atoms with Crippen molar-refractivity contribution in [2.45, 2.75) is 25.0 Å². The van der Waals surface area contributed by atoms with E-state index in [1.54, 1.807) is 13.8 Å². The molecule has 1 amide bonds. The SMILES string of the molecule is CC(C)(S)C(=O)NCCCOS. The van der Waals surface area contributed by atoms with Gasteiger partial charge in [0.1, 0.15) is 0 Å². The summed E-state index contributed by atoms with van der Waals surface area (Å²) in [6.45, 7) is 4.64. The molecule has 0 aromatic heterocycles. The molecule has 0 aromatic rings. The topological polar surface area (TPSA) is 38.3 Å². The van der Waals surface area contributed by atoms with Crippen LogP contribution in [0.15, 0.2) is 0 Å². The van der Waals surface area contributed by atoms with Crippen LogP contribution in [0.1, 0.15) is 20.3 Å². The minimum absolute atomic E-state index is 0.0648. The van der Waals surface area contributed by atoms with E-state index < -0.39 is 4.75 Å². The van der Waals surface area contributed by atoms with Crippen molar-refractivity contribution in [1.29, 1.82) is 0 Å². The molecule has 5 heteroatoms. The van der Waals surface area contributed by atoms with E-state index in [4.69, 9.17) is 0 Å². The Balaban J connectivity index is 3.45. The van der Waals surface area contributed by atoms with E-state index in [2.05, 4.69) is 35.0 Å². The summed E-state index contributed by atoms with van der Waals surface area (Å²) in [5.41, 5.74) is 0. The summed E-state index contributed by atoms with van der Waals surface area (Å²) < 4.78 is 3.92. The highest BCUT2D eigenvalue weighted by Crippen LogP contribution is 2.10. The predicted octanol–water partition coefficient (Wildman–Crippen LogP) is 1.06. The van der Waals surface area contributed by atoms with Gasteiger partial charge < -0.3 is 9.50 Å². The average Bonchev–Trinajstić information content (AvgIpc) is 1.96. The highest BCUT2D eigenvalue weighted by Gasteiger charge is 2.21. The highest BCUT2D eigenvalue weighted by atomic mass is 32.1. The van der Waals surface area contributed by atoms with Gasteiger partial charge in [-0.2, -0.15) is 12.6 Å². The molecule has 0 fully saturated rings. The van der Waals surface area contributed by atoms with Crippen LogP contribution in [-0.2, 0) is 8.98 Å². The van der Waals surface area contributed by atoms with Crippen molar-refractivity contribution >= 4 is 31.4 Å². The first kappa shape index (κ1) is 12.1. The van der Waals surface area contributed by atoms with E-state index in [0.29, 0.717) is 13.2 Å². The van der Waals surface area contributed by atoms with Crippen LogP contribution in [0.4, 0.5) is 0 Å². The lowest BCUT2D eigenvalue weighted by molar-refractivity contribution is -0.122. The van der Waals surface area contributed by atoms with E-state index in [1.807, 2.05) is 0 Å². The van der Waals surface area contributed by atoms with Gasteiger partial charge in [-0.05, 0) is 33.2 Å². The molecule has 0 radical (unpaired) electrons. The van der Waals surface area contributed by atoms with Gasteiger partial charge in [-0.15, -0.1) is 0 Å². The van der Waals surface area contributed by atoms with Crippen LogP contribution >= 0.6 is 25.5 Å². The van der Waals surface area contributed by atoms with Gasteiger partial charge in [0.2, 0.25) is 5.91 Å². The van der Waals surface area contributed by atoms with Gasteiger partial charge in [0.25, 0.3) is 0 Å². The Morgan fingerprint density at radius 1 is 1.58 bits per heavy atom. The second-order valence-electron chi connectivity index (χ2n) is 3.00. The van der Waals surface area contributed by atoms with E-state index in [-0.39, 0.29) is 5.91 Å². The van der Waals surface area contributed by atoms with Crippen molar-refractivity contribution in [3.8, 4) is 0 Å². The lowest BCUT2D eigenvalue weighted by Crippen LogP contribution is -2.38. The molecule has 0 unspecified atom stereocenters. The number of thiol groups is 2. The van der Waals surface area contributed by atoms with Gasteiger partial charge in [0.15, 0.2) is 0 Å². The summed E-state index contributed by atoms with van der Waals surface area (Å²) in [6, 6.07) is 0. The average molecular weight is 209 g/mol. The third kappa shape index (κ3) is 5.74. The molecule has 0 aromatic carbocycles. The molecule has 72 valence electrons. The molecule has 1 N–H and O–H groups in total. The fourth-order valence-electron chi connectivity index (χ4n) is 0.555. The first-order valence-electron chi connectivity index (χ1n) is 3.75. The minimum atomic E-state index is -0.609. The molecule has 12 heavy (non-hydrogen) atoms. The first-order chi connectivity index (χ1) is 5.48. The lowest BCUT2D eigenvalue weighted by atomic mass is 10.2. The maximum Gasteiger partial charge on any atom is 0.235 e. The Kier molecular flexibility index (Phi) is 5.78. The molecule has 0 spiro atoms. The number of carbonyl (C=O) groups excluding carboxylic acids is 1. The molecule has 0 aliphatic heterocycles. The van der Waals surface area contributed by atoms with Crippen molar-refractivity contribution in [1.82, 2.24) is 5.32 Å². The van der Waals surface area contributed by atoms with Crippen LogP contribution in [0, 0.1) is 0 Å². The van der Waals surface area contributed by atoms with E-state index >= 15 is 0 Å². The van der Waals surface area contributed by atoms with Crippen molar-refractivity contribution in [2.75, 3.05) is 13.2 Å². The monoisotopic (exact) mass is 209 g/mol. The Morgan fingerprint density at radius 2 is 2.17 bits per heavy atom. The maximum atomic E-state index is 11.2. The molecule has 3 nitrogen and oxygen atoms in total. The number of rotatable bonds is 5. The summed E-state index contributed by atoms with van der Waals surface area (Å²) in [7, 11) is 0. The molecular weight excluding hydrogens is 194 g/mol. The van der Waals surface area contributed by atoms with Crippen molar-refractivity contribution in [2.24, 2.45) is 0 Å². The summed E-state index contributed by atoms with van der Waals surface area (Å²) in [5, 5.41) is 2.73. The van der Waals surface area contributed by atoms with Crippen molar-refractivity contribution in [3.63, 3.8) is 0 Å². The van der Waals surface area contributed by atoms with Gasteiger partial charge in [0, 0.05) is 6.54 Å². The van der Waals surface area contributed by atoms with E-state index in [0.717, 1.165) is 6.42 Å². The number of hydrogen-bond donors (Lipinski definition) is 3. The Hall–Kier alpha value is 0.130. The van der Waals surface area contributed by atoms with Crippen LogP contribution in [0.5, 0.6) is 0 Å². The minimum Gasteiger partial charge on any atom is -0.355 e. The third-order valence-corrected chi connectivity index (χ3v) is 1.64. The molecule has 0 atom stereocenters. The van der Waals surface area contributed by atoms with Crippen LogP contribution in [-0.4, -0.2) is 23.8 Å². The summed E-state index contributed by atoms with van der Waals surface area (Å²) in [6.07, 6.45) is 0.763. The van der Waals surface area contributed by atoms with Crippen LogP contribution in [0.3, 0.4) is 0 Å². The van der Waals surface area contributed by atoms with Gasteiger partial charge in [-0.1, -0.05) is 0 Å². The smallest absolute Gasteiger partial charge is 0.235 e. The standard InChI is InChI=1S/C7H15NO2S2/c1-7(2,11)6(9)8-4-3-5-10-12/h11-12H,3-5H2,1-2H3,(H,8,9). The third-order valence-electron chi connectivity index (χ3n) is 1.25. The van der Waals surface area contributed by atoms with Crippen molar-refractivity contribution < 1.29 is 8.98 Å². The highest BCUT2D eigenvalue weighted by molar-refractivity contribution is 7.82. The molecule has 0 saturated heterocycles. The van der Waals surface area contributed by atoms with Crippen molar-refractivity contribution in [3.05, 3.63) is 0 Å². The van der Waals surface area contributed by atoms with Crippen LogP contribution < -0.4 is 5.32 Å². The molecule has 0 aliphatic rings. The Bertz CT molecular complexity index is 145. The Labute approximate surface area is 84.3 Å². The largest absolute Gasteiger partial charge is 0.355 e. The fraction of sp³-hybridized carbons (Fsp3) is 0.857. The molecule has 0 bridgehead atoms. The first-order valence-corrected chi connectivity index (χ1v) is 4.56. The molecule has 0 aliphatic carbocycles. The lowest BCUT2D eigenvalue weighted by Gasteiger charge is -2.16. The number of amides is 1. The normalized spacial score (nSPS) is 11.3. The predicted molar refractivity (Wildman–Crippen MR) is 55.6 cm³/mol. The molecule has 0 saturated carbocycles. The van der Waals surface area contributed by atoms with E-state index in [1.165, 1.54) is 0 Å². The molecule has 0 rings (SSSR count). The Morgan fingerprint density at radius 3 is 2.58 bits per heavy atom. The van der Waals surface area contributed by atoms with Gasteiger partial charge >= 0.3 is 0 Å². The summed E-state index contributed by atoms with van der Waals surface area (Å²) in [4.78, 5) is 11.2. The number of carbonyl (C=O) groups is 1. The zero-order chi connectivity index (χ0) is 9.61. The number of nitrogens with one attached hydrogen (secondary N) is 1. The molecular formula is C7H15NO2S2. The number of hydrogen-bond acceptors (Lipinski definition) is 4. The molecule has 0 heterocycles. The quantitative estimate of drug-likeness (QED) is 0.360. The van der Waals surface area contributed by atoms with Gasteiger partial charge in [-0.25, -0.2) is 0 Å². The fourth-order valence-corrected chi connectivity index (χ4v) is 0.763. The van der Waals surface area contributed by atoms with Crippen LogP contribution in [0.25, 0.3) is 0 Å². The maximum absolute atomic E-state index is 11.2.